The maximum absolute atomic E-state index is 13.2. The van der Waals surface area contributed by atoms with Gasteiger partial charge in [-0.3, -0.25) is 4.79 Å². The van der Waals surface area contributed by atoms with Gasteiger partial charge in [-0.1, -0.05) is 37.5 Å². The van der Waals surface area contributed by atoms with Crippen LogP contribution >= 0.6 is 0 Å². The first-order valence-electron chi connectivity index (χ1n) is 11.8. The van der Waals surface area contributed by atoms with Crippen molar-refractivity contribution in [1.82, 2.24) is 10.3 Å². The summed E-state index contributed by atoms with van der Waals surface area (Å²) < 4.78 is 11.0. The summed E-state index contributed by atoms with van der Waals surface area (Å²) in [5.41, 5.74) is 3.96. The summed E-state index contributed by atoms with van der Waals surface area (Å²) >= 11 is 0. The van der Waals surface area contributed by atoms with Gasteiger partial charge in [0.25, 0.3) is 5.91 Å². The van der Waals surface area contributed by atoms with E-state index in [1.165, 1.54) is 19.3 Å². The Morgan fingerprint density at radius 3 is 2.76 bits per heavy atom. The highest BCUT2D eigenvalue weighted by atomic mass is 16.5. The number of nitrogens with zero attached hydrogens (tertiary/aromatic N) is 1. The molecule has 2 aliphatic carbocycles. The van der Waals surface area contributed by atoms with Crippen molar-refractivity contribution in [2.75, 3.05) is 13.2 Å². The van der Waals surface area contributed by atoms with Crippen LogP contribution < -0.4 is 5.32 Å². The van der Waals surface area contributed by atoms with Gasteiger partial charge in [0.05, 0.1) is 23.0 Å². The Hall–Kier alpha value is -3.41. The lowest BCUT2D eigenvalue weighted by Gasteiger charge is -2.21. The van der Waals surface area contributed by atoms with Crippen molar-refractivity contribution in [3.8, 4) is 0 Å². The maximum atomic E-state index is 13.2. The van der Waals surface area contributed by atoms with E-state index >= 15 is 0 Å². The second-order valence-corrected chi connectivity index (χ2v) is 8.90. The van der Waals surface area contributed by atoms with Crippen molar-refractivity contribution in [2.45, 2.75) is 44.9 Å². The molecule has 6 nitrogen and oxygen atoms in total. The molecule has 3 aromatic rings. The van der Waals surface area contributed by atoms with Crippen LogP contribution in [0.25, 0.3) is 22.6 Å². The third-order valence-electron chi connectivity index (χ3n) is 6.65. The minimum atomic E-state index is -0.475. The minimum absolute atomic E-state index is 0.248. The lowest BCUT2D eigenvalue weighted by Crippen LogP contribution is -2.33. The number of esters is 1. The van der Waals surface area contributed by atoms with Crippen LogP contribution in [0.15, 0.2) is 47.1 Å². The largest absolute Gasteiger partial charge is 0.465 e. The summed E-state index contributed by atoms with van der Waals surface area (Å²) in [6.07, 6.45) is 11.1. The molecule has 0 aliphatic heterocycles. The van der Waals surface area contributed by atoms with Gasteiger partial charge in [0.1, 0.15) is 5.76 Å². The number of ether oxygens (including phenoxy) is 1. The van der Waals surface area contributed by atoms with E-state index in [0.717, 1.165) is 52.8 Å². The number of furan rings is 1. The van der Waals surface area contributed by atoms with Crippen molar-refractivity contribution in [3.63, 3.8) is 0 Å². The third kappa shape index (κ3) is 4.70. The third-order valence-corrected chi connectivity index (χ3v) is 6.65. The number of carbonyl (C=O) groups is 2. The first kappa shape index (κ1) is 21.4. The maximum Gasteiger partial charge on any atom is 0.339 e. The Morgan fingerprint density at radius 2 is 1.94 bits per heavy atom. The van der Waals surface area contributed by atoms with Crippen LogP contribution in [0.4, 0.5) is 0 Å². The number of benzene rings is 1. The highest BCUT2D eigenvalue weighted by Crippen LogP contribution is 2.37. The monoisotopic (exact) mass is 444 g/mol. The summed E-state index contributed by atoms with van der Waals surface area (Å²) in [5.74, 6) is 0.566. The van der Waals surface area contributed by atoms with Crippen LogP contribution in [-0.2, 0) is 16.0 Å². The fraction of sp³-hybridized carbons (Fsp3) is 0.370. The molecule has 1 N–H and O–H groups in total. The highest BCUT2D eigenvalue weighted by molar-refractivity contribution is 6.07. The molecule has 0 spiro atoms. The number of aromatic nitrogens is 1. The Bertz CT molecular complexity index is 1190. The second kappa shape index (κ2) is 9.61. The number of amides is 1. The zero-order chi connectivity index (χ0) is 22.6. The predicted octanol–water partition coefficient (Wildman–Crippen LogP) is 5.17. The summed E-state index contributed by atoms with van der Waals surface area (Å²) in [4.78, 5) is 30.4. The number of hydrogen-bond donors (Lipinski definition) is 1. The lowest BCUT2D eigenvalue weighted by molar-refractivity contribution is -0.124. The van der Waals surface area contributed by atoms with Crippen LogP contribution in [-0.4, -0.2) is 30.0 Å². The van der Waals surface area contributed by atoms with E-state index in [4.69, 9.17) is 14.1 Å². The van der Waals surface area contributed by atoms with Gasteiger partial charge in [-0.25, -0.2) is 9.78 Å². The Balaban J connectivity index is 1.35. The van der Waals surface area contributed by atoms with Gasteiger partial charge in [-0.15, -0.1) is 0 Å². The predicted molar refractivity (Wildman–Crippen MR) is 127 cm³/mol. The Labute approximate surface area is 193 Å². The fourth-order valence-corrected chi connectivity index (χ4v) is 4.96. The van der Waals surface area contributed by atoms with Gasteiger partial charge >= 0.3 is 5.97 Å². The van der Waals surface area contributed by atoms with Gasteiger partial charge in [0, 0.05) is 11.9 Å². The number of carbonyl (C=O) groups excluding carboxylic acids is 2. The number of rotatable bonds is 6. The number of fused-ring (bicyclic) bond motifs is 2. The SMILES string of the molecule is O=C(COC(=O)c1c2c(nc3ccccc13)/C(=C/c1ccco1)CC2)NCC1CCCCC1. The molecular weight excluding hydrogens is 416 g/mol. The first-order chi connectivity index (χ1) is 16.2. The number of pyridine rings is 1. The zero-order valence-corrected chi connectivity index (χ0v) is 18.6. The van der Waals surface area contributed by atoms with Gasteiger partial charge in [0.15, 0.2) is 6.61 Å². The van der Waals surface area contributed by atoms with Crippen molar-refractivity contribution in [1.29, 1.82) is 0 Å². The second-order valence-electron chi connectivity index (χ2n) is 8.90. The molecule has 0 unspecified atom stereocenters. The van der Waals surface area contributed by atoms with Crippen molar-refractivity contribution in [2.24, 2.45) is 5.92 Å². The standard InChI is InChI=1S/C27H28N2O4/c30-24(28-16-18-7-2-1-3-8-18)17-33-27(31)25-21-10-4-5-11-23(21)29-26-19(12-13-22(25)26)15-20-9-6-14-32-20/h4-6,9-11,14-15,18H,1-3,7-8,12-13,16-17H2,(H,28,30)/b19-15+. The molecule has 2 heterocycles. The summed E-state index contributed by atoms with van der Waals surface area (Å²) in [5, 5.41) is 3.69. The fourth-order valence-electron chi connectivity index (χ4n) is 4.96. The van der Waals surface area contributed by atoms with E-state index in [-0.39, 0.29) is 12.5 Å². The lowest BCUT2D eigenvalue weighted by atomic mass is 9.89. The molecular formula is C27H28N2O4. The van der Waals surface area contributed by atoms with Crippen molar-refractivity contribution >= 4 is 34.4 Å². The molecule has 0 atom stereocenters. The van der Waals surface area contributed by atoms with E-state index in [2.05, 4.69) is 5.32 Å². The zero-order valence-electron chi connectivity index (χ0n) is 18.6. The molecule has 0 bridgehead atoms. The molecule has 1 amide bonds. The molecule has 1 aromatic carbocycles. The molecule has 1 saturated carbocycles. The van der Waals surface area contributed by atoms with Crippen molar-refractivity contribution < 1.29 is 18.7 Å². The summed E-state index contributed by atoms with van der Waals surface area (Å²) in [7, 11) is 0. The topological polar surface area (TPSA) is 81.4 Å². The van der Waals surface area contributed by atoms with Gasteiger partial charge < -0.3 is 14.5 Å². The number of nitrogens with one attached hydrogen (secondary N) is 1. The van der Waals surface area contributed by atoms with E-state index in [1.807, 2.05) is 42.5 Å². The van der Waals surface area contributed by atoms with E-state index in [1.54, 1.807) is 6.26 Å². The van der Waals surface area contributed by atoms with Gasteiger partial charge in [-0.2, -0.15) is 0 Å². The number of para-hydroxylation sites is 1. The molecule has 2 aromatic heterocycles. The quantitative estimate of drug-likeness (QED) is 0.531. The van der Waals surface area contributed by atoms with E-state index in [0.29, 0.717) is 24.4 Å². The minimum Gasteiger partial charge on any atom is -0.465 e. The van der Waals surface area contributed by atoms with Crippen molar-refractivity contribution in [3.05, 3.63) is 65.2 Å². The van der Waals surface area contributed by atoms with Gasteiger partial charge in [-0.05, 0) is 67.0 Å². The van der Waals surface area contributed by atoms with Crippen LogP contribution in [0, 0.1) is 5.92 Å². The van der Waals surface area contributed by atoms with E-state index in [9.17, 15) is 9.59 Å². The first-order valence-corrected chi connectivity index (χ1v) is 11.8. The number of hydrogen-bond acceptors (Lipinski definition) is 5. The molecule has 33 heavy (non-hydrogen) atoms. The smallest absolute Gasteiger partial charge is 0.339 e. The molecule has 170 valence electrons. The van der Waals surface area contributed by atoms with Crippen LogP contribution in [0.1, 0.15) is 65.9 Å². The molecule has 5 rings (SSSR count). The number of allylic oxidation sites excluding steroid dienone is 1. The summed E-state index contributed by atoms with van der Waals surface area (Å²) in [6, 6.07) is 11.3. The summed E-state index contributed by atoms with van der Waals surface area (Å²) in [6.45, 7) is 0.386. The van der Waals surface area contributed by atoms with Crippen LogP contribution in [0.5, 0.6) is 0 Å². The Kier molecular flexibility index (Phi) is 6.24. The molecule has 0 saturated heterocycles. The Morgan fingerprint density at radius 1 is 1.09 bits per heavy atom. The molecule has 2 aliphatic rings. The van der Waals surface area contributed by atoms with Gasteiger partial charge in [0.2, 0.25) is 0 Å². The van der Waals surface area contributed by atoms with Crippen LogP contribution in [0.3, 0.4) is 0 Å². The average Bonchev–Trinajstić information content (AvgIpc) is 3.51. The average molecular weight is 445 g/mol. The normalized spacial score (nSPS) is 17.3. The van der Waals surface area contributed by atoms with Crippen LogP contribution in [0.2, 0.25) is 0 Å². The highest BCUT2D eigenvalue weighted by Gasteiger charge is 2.28. The molecule has 0 radical (unpaired) electrons. The van der Waals surface area contributed by atoms with E-state index < -0.39 is 5.97 Å². The molecule has 6 heteroatoms. The molecule has 1 fully saturated rings.